The fraction of sp³-hybridized carbons (Fsp3) is 0.240. The van der Waals surface area contributed by atoms with Crippen molar-refractivity contribution >= 4 is 51.7 Å². The standard InChI is InChI=1S/C25H24IN3O3S/c1-5-32-24(31)21-15(2)27-25-29(22(21)17-8-12-19(13-9-17)28(3)4)23(30)20(33-25)14-16-6-10-18(26)11-7-16/h6-14,22H,5H2,1-4H3/b20-14+/t22-/m0/s1. The van der Waals surface area contributed by atoms with E-state index in [0.717, 1.165) is 20.4 Å². The van der Waals surface area contributed by atoms with Gasteiger partial charge in [-0.2, -0.15) is 0 Å². The van der Waals surface area contributed by atoms with Crippen LogP contribution in [-0.4, -0.2) is 31.2 Å². The predicted octanol–water partition coefficient (Wildman–Crippen LogP) is 3.47. The van der Waals surface area contributed by atoms with Crippen molar-refractivity contribution in [1.29, 1.82) is 0 Å². The van der Waals surface area contributed by atoms with Crippen LogP contribution < -0.4 is 19.8 Å². The van der Waals surface area contributed by atoms with E-state index in [1.54, 1.807) is 18.4 Å². The first-order chi connectivity index (χ1) is 15.8. The van der Waals surface area contributed by atoms with E-state index in [0.29, 0.717) is 20.6 Å². The molecule has 170 valence electrons. The average Bonchev–Trinajstić information content (AvgIpc) is 3.09. The van der Waals surface area contributed by atoms with E-state index < -0.39 is 12.0 Å². The summed E-state index contributed by atoms with van der Waals surface area (Å²) < 4.78 is 8.67. The fourth-order valence-corrected chi connectivity index (χ4v) is 5.18. The lowest BCUT2D eigenvalue weighted by molar-refractivity contribution is -0.139. The molecule has 33 heavy (non-hydrogen) atoms. The molecule has 0 saturated heterocycles. The van der Waals surface area contributed by atoms with Crippen molar-refractivity contribution in [3.05, 3.63) is 94.2 Å². The third kappa shape index (κ3) is 4.67. The molecule has 3 aromatic rings. The van der Waals surface area contributed by atoms with Crippen molar-refractivity contribution in [2.24, 2.45) is 4.99 Å². The van der Waals surface area contributed by atoms with E-state index in [9.17, 15) is 9.59 Å². The second-order valence-electron chi connectivity index (χ2n) is 7.84. The molecule has 2 aromatic carbocycles. The molecule has 4 rings (SSSR count). The van der Waals surface area contributed by atoms with Crippen molar-refractivity contribution in [2.75, 3.05) is 25.6 Å². The van der Waals surface area contributed by atoms with Crippen LogP contribution in [0.5, 0.6) is 0 Å². The largest absolute Gasteiger partial charge is 0.463 e. The molecule has 0 spiro atoms. The second-order valence-corrected chi connectivity index (χ2v) is 10.1. The van der Waals surface area contributed by atoms with Crippen molar-refractivity contribution in [3.63, 3.8) is 0 Å². The van der Waals surface area contributed by atoms with Gasteiger partial charge in [-0.1, -0.05) is 35.6 Å². The topological polar surface area (TPSA) is 63.9 Å². The van der Waals surface area contributed by atoms with Crippen LogP contribution in [0.3, 0.4) is 0 Å². The van der Waals surface area contributed by atoms with Gasteiger partial charge in [-0.05, 0) is 77.9 Å². The number of hydrogen-bond acceptors (Lipinski definition) is 6. The highest BCUT2D eigenvalue weighted by Gasteiger charge is 2.33. The number of thiazole rings is 1. The van der Waals surface area contributed by atoms with Crippen LogP contribution in [-0.2, 0) is 9.53 Å². The zero-order valence-electron chi connectivity index (χ0n) is 18.8. The molecule has 1 aliphatic heterocycles. The summed E-state index contributed by atoms with van der Waals surface area (Å²) in [6.45, 7) is 3.81. The zero-order valence-corrected chi connectivity index (χ0v) is 21.8. The number of halogens is 1. The summed E-state index contributed by atoms with van der Waals surface area (Å²) >= 11 is 3.58. The van der Waals surface area contributed by atoms with Crippen LogP contribution in [0, 0.1) is 3.57 Å². The number of carbonyl (C=O) groups is 1. The number of anilines is 1. The highest BCUT2D eigenvalue weighted by atomic mass is 127. The third-order valence-corrected chi connectivity index (χ3v) is 7.11. The van der Waals surface area contributed by atoms with Crippen LogP contribution in [0.15, 0.2) is 69.6 Å². The maximum absolute atomic E-state index is 13.6. The Morgan fingerprint density at radius 2 is 1.85 bits per heavy atom. The van der Waals surface area contributed by atoms with Crippen LogP contribution in [0.4, 0.5) is 5.69 Å². The Bertz CT molecular complexity index is 1400. The van der Waals surface area contributed by atoms with Crippen LogP contribution in [0.1, 0.15) is 31.0 Å². The van der Waals surface area contributed by atoms with Gasteiger partial charge >= 0.3 is 5.97 Å². The second kappa shape index (κ2) is 9.64. The molecule has 0 saturated carbocycles. The molecule has 6 nitrogen and oxygen atoms in total. The van der Waals surface area contributed by atoms with Gasteiger partial charge in [-0.15, -0.1) is 0 Å². The third-order valence-electron chi connectivity index (χ3n) is 5.41. The summed E-state index contributed by atoms with van der Waals surface area (Å²) in [5.41, 5.74) is 3.59. The van der Waals surface area contributed by atoms with Gasteiger partial charge in [0.25, 0.3) is 5.56 Å². The number of aromatic nitrogens is 1. The summed E-state index contributed by atoms with van der Waals surface area (Å²) in [6.07, 6.45) is 1.87. The number of benzene rings is 2. The van der Waals surface area contributed by atoms with Crippen LogP contribution in [0.2, 0.25) is 0 Å². The highest BCUT2D eigenvalue weighted by Crippen LogP contribution is 2.31. The van der Waals surface area contributed by atoms with E-state index in [2.05, 4.69) is 27.6 Å². The van der Waals surface area contributed by atoms with E-state index in [-0.39, 0.29) is 12.2 Å². The highest BCUT2D eigenvalue weighted by molar-refractivity contribution is 14.1. The molecule has 0 bridgehead atoms. The quantitative estimate of drug-likeness (QED) is 0.347. The molecule has 1 atom stereocenters. The number of rotatable bonds is 5. The average molecular weight is 573 g/mol. The first-order valence-corrected chi connectivity index (χ1v) is 12.4. The number of hydrogen-bond donors (Lipinski definition) is 0. The summed E-state index contributed by atoms with van der Waals surface area (Å²) in [6, 6.07) is 15.2. The van der Waals surface area contributed by atoms with Gasteiger partial charge in [0.05, 0.1) is 28.5 Å². The van der Waals surface area contributed by atoms with Gasteiger partial charge in [-0.3, -0.25) is 9.36 Å². The summed E-state index contributed by atoms with van der Waals surface area (Å²) in [5.74, 6) is -0.452. The Morgan fingerprint density at radius 3 is 2.45 bits per heavy atom. The van der Waals surface area contributed by atoms with Crippen LogP contribution in [0.25, 0.3) is 6.08 Å². The van der Waals surface area contributed by atoms with Gasteiger partial charge in [0, 0.05) is 23.4 Å². The molecule has 0 N–H and O–H groups in total. The summed E-state index contributed by atoms with van der Waals surface area (Å²) in [4.78, 5) is 33.7. The minimum absolute atomic E-state index is 0.173. The lowest BCUT2D eigenvalue weighted by Crippen LogP contribution is -2.39. The lowest BCUT2D eigenvalue weighted by atomic mass is 9.95. The Balaban J connectivity index is 1.92. The molecule has 2 heterocycles. The smallest absolute Gasteiger partial charge is 0.338 e. The zero-order chi connectivity index (χ0) is 23.7. The first kappa shape index (κ1) is 23.4. The number of ether oxygens (including phenoxy) is 1. The van der Waals surface area contributed by atoms with E-state index in [1.807, 2.05) is 73.6 Å². The molecule has 1 aliphatic rings. The van der Waals surface area contributed by atoms with Gasteiger partial charge < -0.3 is 9.64 Å². The lowest BCUT2D eigenvalue weighted by Gasteiger charge is -2.25. The van der Waals surface area contributed by atoms with Crippen molar-refractivity contribution in [1.82, 2.24) is 4.57 Å². The van der Waals surface area contributed by atoms with E-state index in [1.165, 1.54) is 11.3 Å². The number of carbonyl (C=O) groups excluding carboxylic acids is 1. The molecule has 0 unspecified atom stereocenters. The fourth-order valence-electron chi connectivity index (χ4n) is 3.77. The maximum atomic E-state index is 13.6. The Hall–Kier alpha value is -2.72. The molecule has 1 aromatic heterocycles. The van der Waals surface area contributed by atoms with Crippen molar-refractivity contribution in [3.8, 4) is 0 Å². The summed E-state index contributed by atoms with van der Waals surface area (Å²) in [7, 11) is 3.94. The minimum Gasteiger partial charge on any atom is -0.463 e. The van der Waals surface area contributed by atoms with Gasteiger partial charge in [0.15, 0.2) is 4.80 Å². The minimum atomic E-state index is -0.601. The molecular formula is C25H24IN3O3S. The Morgan fingerprint density at radius 1 is 1.18 bits per heavy atom. The molecular weight excluding hydrogens is 549 g/mol. The van der Waals surface area contributed by atoms with Crippen LogP contribution >= 0.6 is 33.9 Å². The van der Waals surface area contributed by atoms with E-state index >= 15 is 0 Å². The molecule has 0 amide bonds. The number of esters is 1. The Labute approximate surface area is 209 Å². The maximum Gasteiger partial charge on any atom is 0.338 e. The molecule has 0 aliphatic carbocycles. The number of nitrogens with zero attached hydrogens (tertiary/aromatic N) is 3. The van der Waals surface area contributed by atoms with Gasteiger partial charge in [0.2, 0.25) is 0 Å². The summed E-state index contributed by atoms with van der Waals surface area (Å²) in [5, 5.41) is 0. The number of allylic oxidation sites excluding steroid dienone is 1. The number of fused-ring (bicyclic) bond motifs is 1. The van der Waals surface area contributed by atoms with Crippen molar-refractivity contribution < 1.29 is 9.53 Å². The normalized spacial score (nSPS) is 15.8. The van der Waals surface area contributed by atoms with Gasteiger partial charge in [0.1, 0.15) is 0 Å². The molecule has 8 heteroatoms. The predicted molar refractivity (Wildman–Crippen MR) is 140 cm³/mol. The Kier molecular flexibility index (Phi) is 6.85. The monoisotopic (exact) mass is 573 g/mol. The molecule has 0 fully saturated rings. The van der Waals surface area contributed by atoms with Gasteiger partial charge in [-0.25, -0.2) is 9.79 Å². The SMILES string of the molecule is CCOC(=O)C1=C(C)N=c2s/c(=C/c3ccc(I)cc3)c(=O)n2[C@H]1c1ccc(N(C)C)cc1. The molecule has 0 radical (unpaired) electrons. The van der Waals surface area contributed by atoms with Crippen molar-refractivity contribution in [2.45, 2.75) is 19.9 Å². The first-order valence-electron chi connectivity index (χ1n) is 10.5. The van der Waals surface area contributed by atoms with E-state index in [4.69, 9.17) is 4.74 Å².